The van der Waals surface area contributed by atoms with Gasteiger partial charge in [0.15, 0.2) is 11.6 Å². The van der Waals surface area contributed by atoms with Gasteiger partial charge in [0.1, 0.15) is 23.9 Å². The maximum absolute atomic E-state index is 12.5. The third kappa shape index (κ3) is 36.6. The van der Waals surface area contributed by atoms with Crippen LogP contribution < -0.4 is 37.2 Å². The fraction of sp³-hybridized carbons (Fsp3) is 0.755. The molecule has 0 aliphatic carbocycles. The summed E-state index contributed by atoms with van der Waals surface area (Å²) in [5, 5.41) is 56.3. The first-order valence-electron chi connectivity index (χ1n) is 26.8. The molecular weight excluding hydrogens is 1180 g/mol. The Labute approximate surface area is 502 Å². The highest BCUT2D eigenvalue weighted by molar-refractivity contribution is 6.02. The van der Waals surface area contributed by atoms with Gasteiger partial charge in [0.25, 0.3) is 11.8 Å². The van der Waals surface area contributed by atoms with Gasteiger partial charge in [0, 0.05) is 110 Å². The molecule has 4 aliphatic rings. The van der Waals surface area contributed by atoms with Crippen molar-refractivity contribution in [3.8, 4) is 0 Å². The summed E-state index contributed by atoms with van der Waals surface area (Å²) in [5.74, 6) is -6.05. The molecule has 4 heterocycles. The zero-order chi connectivity index (χ0) is 62.4. The van der Waals surface area contributed by atoms with Crippen molar-refractivity contribution in [3.63, 3.8) is 0 Å². The molecule has 36 nitrogen and oxygen atoms in total. The number of hydrogen-bond acceptors (Lipinski definition) is 27. The van der Waals surface area contributed by atoms with E-state index in [4.69, 9.17) is 19.9 Å². The molecule has 0 aromatic carbocycles. The van der Waals surface area contributed by atoms with Gasteiger partial charge in [-0.3, -0.25) is 19.2 Å². The van der Waals surface area contributed by atoms with Gasteiger partial charge in [-0.2, -0.15) is 0 Å². The van der Waals surface area contributed by atoms with Gasteiger partial charge in [0.2, 0.25) is 5.91 Å². The van der Waals surface area contributed by atoms with Gasteiger partial charge < -0.3 is 112 Å². The molecule has 0 saturated carbocycles. The predicted molar refractivity (Wildman–Crippen MR) is 295 cm³/mol. The molecular formula is C49H88ClN10O26-. The van der Waals surface area contributed by atoms with Crippen molar-refractivity contribution >= 4 is 84.4 Å². The third-order valence-corrected chi connectivity index (χ3v) is 12.4. The molecule has 0 bridgehead atoms. The Kier molecular flexibility index (Phi) is 44.5. The molecule has 86 heavy (non-hydrogen) atoms. The standard InChI is InChI=1S/C15H27N3O8.C15H25N3O6.C14H21N3O8.C5H11NO2.ClH.2H2O/c1-24-13(20)16-8-4-3-5-11(17-14(21)25-2)12(19)26-18-9-6-15(22,23)7-10-18;1-23-14(21)16-8-4-3-5-12(17-15(22)24-2)13(20)18-9-6-11(19)7-10-18;1-23-13(21)15-8-4-3-5-9(16-14(22)24-2)12(20)25-17-10(18)6-7-11(17)19;7-5(8)1-3-6-4-2-5;;;/h11,22-23H,3-10H2,1-2H3,(H,16,20)(H,17,21);12H,3-10H2,1-2H3,(H,16,21)(H,17,22);9H,3-8H2,1-2H3,(H,15,21)(H,16,22);6-8H,1-4H2;1H;2*1H2/p-1. The third-order valence-electron chi connectivity index (χ3n) is 12.4. The molecule has 0 spiro atoms. The number of rotatable bonds is 23. The number of Topliss-reactive ketones (excluding diaryl/α,β-unsaturated/α-hetero) is 1. The number of carbonyl (C=O) groups excluding carboxylic acids is 12. The van der Waals surface area contributed by atoms with Crippen LogP contribution in [0.15, 0.2) is 0 Å². The summed E-state index contributed by atoms with van der Waals surface area (Å²) in [6.07, 6.45) is 1.91. The SMILES string of the molecule is COC(=O)NCCCCC(NC(=O)OC)C(=O)N1CCC(=O)CC1.COC(=O)NCCCCC(NC(=O)OC)C(=O)ON1C(=O)CCC1=O.COC(=O)NCCCCC(NC(=O)OC)C(=O)ON1CCC(O)(O)CC1.Cl.O.OC1(O)CCNCC1.[OH-]. The lowest BCUT2D eigenvalue weighted by Gasteiger charge is -2.33. The number of hydrogen-bond donors (Lipinski definition) is 11. The van der Waals surface area contributed by atoms with Gasteiger partial charge in [-0.05, 0) is 57.8 Å². The second kappa shape index (κ2) is 46.1. The number of nitrogens with one attached hydrogen (secondary N) is 7. The average molecular weight is 1270 g/mol. The van der Waals surface area contributed by atoms with Crippen LogP contribution >= 0.6 is 12.4 Å². The van der Waals surface area contributed by atoms with Crippen LogP contribution in [0.25, 0.3) is 0 Å². The molecule has 4 rings (SSSR count). The average Bonchev–Trinajstić information content (AvgIpc) is 4.02. The molecule has 14 N–H and O–H groups in total. The lowest BCUT2D eigenvalue weighted by atomic mass is 10.0. The van der Waals surface area contributed by atoms with Gasteiger partial charge in [-0.15, -0.1) is 22.5 Å². The summed E-state index contributed by atoms with van der Waals surface area (Å²) in [7, 11) is 7.34. The number of imide groups is 1. The Morgan fingerprint density at radius 2 is 0.826 bits per heavy atom. The van der Waals surface area contributed by atoms with Crippen LogP contribution in [-0.2, 0) is 66.9 Å². The quantitative estimate of drug-likeness (QED) is 0.0233. The van der Waals surface area contributed by atoms with Crippen molar-refractivity contribution in [2.75, 3.05) is 102 Å². The molecule has 4 fully saturated rings. The molecule has 0 aromatic rings. The van der Waals surface area contributed by atoms with E-state index >= 15 is 0 Å². The number of methoxy groups -OCH3 is 6. The summed E-state index contributed by atoms with van der Waals surface area (Å²) in [6, 6.07) is -2.73. The van der Waals surface area contributed by atoms with Crippen molar-refractivity contribution in [1.29, 1.82) is 0 Å². The van der Waals surface area contributed by atoms with Crippen LogP contribution in [0.4, 0.5) is 28.8 Å². The van der Waals surface area contributed by atoms with E-state index in [1.165, 1.54) is 40.6 Å². The van der Waals surface area contributed by atoms with Crippen molar-refractivity contribution in [1.82, 2.24) is 52.2 Å². The summed E-state index contributed by atoms with van der Waals surface area (Å²) in [4.78, 5) is 150. The molecule has 0 aromatic heterocycles. The minimum atomic E-state index is -1.75. The lowest BCUT2D eigenvalue weighted by molar-refractivity contribution is -0.243. The lowest BCUT2D eigenvalue weighted by Crippen LogP contribution is -2.50. The highest BCUT2D eigenvalue weighted by Crippen LogP contribution is 2.20. The fourth-order valence-corrected chi connectivity index (χ4v) is 7.53. The number of carbonyl (C=O) groups is 12. The van der Waals surface area contributed by atoms with E-state index in [0.717, 1.165) is 7.11 Å². The zero-order valence-electron chi connectivity index (χ0n) is 49.3. The molecule has 0 radical (unpaired) electrons. The number of alkyl carbamates (subject to hydrolysis) is 6. The van der Waals surface area contributed by atoms with Crippen LogP contribution in [0, 0.1) is 0 Å². The molecule has 3 atom stereocenters. The number of nitrogens with zero attached hydrogens (tertiary/aromatic N) is 3. The Hall–Kier alpha value is -7.19. The van der Waals surface area contributed by atoms with E-state index < -0.39 is 90.0 Å². The van der Waals surface area contributed by atoms with Gasteiger partial charge >= 0.3 is 48.5 Å². The number of aliphatic hydroxyl groups is 4. The van der Waals surface area contributed by atoms with E-state index in [1.54, 1.807) is 4.90 Å². The van der Waals surface area contributed by atoms with Crippen LogP contribution in [-0.4, -0.2) is 250 Å². The van der Waals surface area contributed by atoms with Crippen molar-refractivity contribution < 1.29 is 127 Å². The number of hydroxylamine groups is 4. The topological polar surface area (TPSA) is 515 Å². The first-order valence-corrected chi connectivity index (χ1v) is 26.8. The van der Waals surface area contributed by atoms with Crippen LogP contribution in [0.1, 0.15) is 109 Å². The van der Waals surface area contributed by atoms with E-state index in [0.29, 0.717) is 122 Å². The monoisotopic (exact) mass is 1270 g/mol. The maximum atomic E-state index is 12.5. The minimum absolute atomic E-state index is 0. The molecule has 37 heteroatoms. The second-order valence-electron chi connectivity index (χ2n) is 18.7. The van der Waals surface area contributed by atoms with Crippen LogP contribution in [0.3, 0.4) is 0 Å². The number of ether oxygens (including phenoxy) is 6. The minimum Gasteiger partial charge on any atom is -0.870 e. The van der Waals surface area contributed by atoms with Crippen LogP contribution in [0.2, 0.25) is 0 Å². The summed E-state index contributed by atoms with van der Waals surface area (Å²) in [6.45, 7) is 3.63. The zero-order valence-corrected chi connectivity index (χ0v) is 50.1. The number of ketones is 1. The molecule has 9 amide bonds. The van der Waals surface area contributed by atoms with E-state index in [1.807, 2.05) is 0 Å². The van der Waals surface area contributed by atoms with Gasteiger partial charge in [-0.1, -0.05) is 0 Å². The molecule has 4 saturated heterocycles. The first-order chi connectivity index (χ1) is 39.3. The number of amides is 9. The summed E-state index contributed by atoms with van der Waals surface area (Å²) in [5.41, 5.74) is 0. The fourth-order valence-electron chi connectivity index (χ4n) is 7.53. The molecule has 4 aliphatic heterocycles. The molecule has 3 unspecified atom stereocenters. The Morgan fingerprint density at radius 1 is 0.488 bits per heavy atom. The number of unbranched alkanes of at least 4 members (excludes halogenated alkanes) is 3. The number of halogens is 1. The highest BCUT2D eigenvalue weighted by atomic mass is 35.5. The smallest absolute Gasteiger partial charge is 0.407 e. The van der Waals surface area contributed by atoms with Crippen LogP contribution in [0.5, 0.6) is 0 Å². The molecule has 498 valence electrons. The van der Waals surface area contributed by atoms with E-state index in [9.17, 15) is 67.7 Å². The van der Waals surface area contributed by atoms with E-state index in [-0.39, 0.29) is 86.7 Å². The largest absolute Gasteiger partial charge is 0.870 e. The number of piperidine rings is 3. The first kappa shape index (κ1) is 83.0. The Morgan fingerprint density at radius 3 is 1.17 bits per heavy atom. The summed E-state index contributed by atoms with van der Waals surface area (Å²) < 4.78 is 26.8. The summed E-state index contributed by atoms with van der Waals surface area (Å²) >= 11 is 0. The normalized spacial score (nSPS) is 16.5. The number of likely N-dealkylation sites (tertiary alicyclic amines) is 1. The van der Waals surface area contributed by atoms with Crippen molar-refractivity contribution in [2.24, 2.45) is 0 Å². The Balaban J connectivity index is -0.00000111. The van der Waals surface area contributed by atoms with Gasteiger partial charge in [0.05, 0.1) is 42.7 Å². The maximum Gasteiger partial charge on any atom is 0.407 e. The van der Waals surface area contributed by atoms with Gasteiger partial charge in [-0.25, -0.2) is 38.4 Å². The second-order valence-corrected chi connectivity index (χ2v) is 18.7. The van der Waals surface area contributed by atoms with E-state index in [2.05, 4.69) is 65.6 Å². The highest BCUT2D eigenvalue weighted by Gasteiger charge is 2.36. The Bertz CT molecular complexity index is 2070. The predicted octanol–water partition coefficient (Wildman–Crippen LogP) is -1.78. The van der Waals surface area contributed by atoms with Crippen molar-refractivity contribution in [3.05, 3.63) is 0 Å². The van der Waals surface area contributed by atoms with Crippen molar-refractivity contribution in [2.45, 2.75) is 139 Å².